The van der Waals surface area contributed by atoms with Gasteiger partial charge in [-0.25, -0.2) is 0 Å². The minimum Gasteiger partial charge on any atom is -0.330 e. The van der Waals surface area contributed by atoms with E-state index in [0.29, 0.717) is 0 Å². The molecule has 0 saturated heterocycles. The van der Waals surface area contributed by atoms with E-state index in [1.165, 1.54) is 0 Å². The predicted octanol–water partition coefficient (Wildman–Crippen LogP) is -1.44. The van der Waals surface area contributed by atoms with Gasteiger partial charge in [0.25, 0.3) is 0 Å². The first-order valence-electron chi connectivity index (χ1n) is 1.96. The third kappa shape index (κ3) is 3360. The monoisotopic (exact) mass is 109 g/mol. The van der Waals surface area contributed by atoms with Crippen molar-refractivity contribution in [1.29, 1.82) is 0 Å². The van der Waals surface area contributed by atoms with Crippen LogP contribution in [0.2, 0.25) is 0 Å². The van der Waals surface area contributed by atoms with Crippen LogP contribution in [0, 0.1) is 0 Å². The summed E-state index contributed by atoms with van der Waals surface area (Å²) in [6.45, 7) is 4.00. The van der Waals surface area contributed by atoms with Crippen molar-refractivity contribution in [1.82, 2.24) is 0 Å². The lowest BCUT2D eigenvalue weighted by Gasteiger charge is -2.01. The van der Waals surface area contributed by atoms with Crippen molar-refractivity contribution in [3.05, 3.63) is 0 Å². The van der Waals surface area contributed by atoms with Crippen molar-refractivity contribution in [3.63, 3.8) is 0 Å². The van der Waals surface area contributed by atoms with E-state index < -0.39 is 6.10 Å². The molecule has 0 aliphatic rings. The van der Waals surface area contributed by atoms with Crippen LogP contribution in [0.4, 0.5) is 0 Å². The molecule has 7 heavy (non-hydrogen) atoms. The second kappa shape index (κ2) is 4.01. The van der Waals surface area contributed by atoms with Crippen LogP contribution in [0.1, 0.15) is 13.8 Å². The van der Waals surface area contributed by atoms with Gasteiger partial charge in [-0.1, -0.05) is 13.8 Å². The molecular weight excluding hydrogens is 98.0 g/mol. The normalized spacial score (nSPS) is 9.43. The Labute approximate surface area is 42.2 Å². The molecule has 4 nitrogen and oxygen atoms in total. The molecule has 0 aromatic heterocycles. The summed E-state index contributed by atoms with van der Waals surface area (Å²) in [6, 6.07) is 0. The third-order valence-electron chi connectivity index (χ3n) is 0. The maximum Gasteiger partial charge on any atom is 0.340 e. The van der Waals surface area contributed by atoms with Crippen LogP contribution in [-0.4, -0.2) is 21.4 Å². The molecule has 46 valence electrons. The first-order valence-corrected chi connectivity index (χ1v) is 1.96. The smallest absolute Gasteiger partial charge is 0.330 e. The van der Waals surface area contributed by atoms with Gasteiger partial charge in [0, 0.05) is 0 Å². The van der Waals surface area contributed by atoms with Crippen LogP contribution < -0.4 is 5.73 Å². The number of hydrogen-bond acceptors (Lipinski definition) is 4. The molecule has 0 saturated carbocycles. The van der Waals surface area contributed by atoms with Gasteiger partial charge in [-0.2, -0.15) is 0 Å². The highest BCUT2D eigenvalue weighted by Crippen LogP contribution is 1.69. The molecular formula is C3H11NO3. The van der Waals surface area contributed by atoms with E-state index in [9.17, 15) is 0 Å². The Balaban J connectivity index is 0. The summed E-state index contributed by atoms with van der Waals surface area (Å²) in [5.41, 5.74) is 4.02. The van der Waals surface area contributed by atoms with E-state index in [1.54, 1.807) is 0 Å². The summed E-state index contributed by atoms with van der Waals surface area (Å²) < 4.78 is 0. The predicted molar refractivity (Wildman–Crippen MR) is 24.9 cm³/mol. The lowest BCUT2D eigenvalue weighted by Crippen LogP contribution is -2.38. The SMILES string of the molecule is CC.NC(O)(O)O. The van der Waals surface area contributed by atoms with Gasteiger partial charge in [-0.15, -0.1) is 0 Å². The molecule has 0 aromatic rings. The first-order chi connectivity index (χ1) is 3.00. The van der Waals surface area contributed by atoms with Gasteiger partial charge in [0.05, 0.1) is 0 Å². The van der Waals surface area contributed by atoms with Gasteiger partial charge in [-0.3, -0.25) is 5.73 Å². The van der Waals surface area contributed by atoms with Crippen molar-refractivity contribution in [2.24, 2.45) is 5.73 Å². The van der Waals surface area contributed by atoms with Crippen molar-refractivity contribution in [2.75, 3.05) is 0 Å². The Bertz CT molecular complexity index is 25.7. The van der Waals surface area contributed by atoms with Crippen LogP contribution in [0.5, 0.6) is 0 Å². The van der Waals surface area contributed by atoms with E-state index in [-0.39, 0.29) is 0 Å². The average molecular weight is 109 g/mol. The fourth-order valence-corrected chi connectivity index (χ4v) is 0. The summed E-state index contributed by atoms with van der Waals surface area (Å²) in [4.78, 5) is 0. The second-order valence-corrected chi connectivity index (χ2v) is 0.687. The highest BCUT2D eigenvalue weighted by molar-refractivity contribution is 4.16. The summed E-state index contributed by atoms with van der Waals surface area (Å²) in [6.07, 6.45) is -3.00. The number of aliphatic hydroxyl groups is 3. The van der Waals surface area contributed by atoms with E-state index in [4.69, 9.17) is 15.3 Å². The Morgan fingerprint density at radius 3 is 1.14 bits per heavy atom. The number of hydrogen-bond donors (Lipinski definition) is 4. The molecule has 0 radical (unpaired) electrons. The molecule has 5 N–H and O–H groups in total. The van der Waals surface area contributed by atoms with E-state index >= 15 is 0 Å². The highest BCUT2D eigenvalue weighted by Gasteiger charge is 2.04. The Kier molecular flexibility index (Phi) is 5.71. The Morgan fingerprint density at radius 2 is 1.14 bits per heavy atom. The maximum absolute atomic E-state index is 7.41. The quantitative estimate of drug-likeness (QED) is 0.287. The molecule has 0 atom stereocenters. The van der Waals surface area contributed by atoms with Gasteiger partial charge < -0.3 is 15.3 Å². The molecule has 0 heterocycles. The molecule has 0 amide bonds. The van der Waals surface area contributed by atoms with Crippen LogP contribution >= 0.6 is 0 Å². The van der Waals surface area contributed by atoms with Crippen LogP contribution in [0.25, 0.3) is 0 Å². The van der Waals surface area contributed by atoms with Crippen LogP contribution in [0.15, 0.2) is 0 Å². The summed E-state index contributed by atoms with van der Waals surface area (Å²) in [5, 5.41) is 22.2. The zero-order chi connectivity index (χ0) is 6.50. The van der Waals surface area contributed by atoms with E-state index in [1.807, 2.05) is 13.8 Å². The highest BCUT2D eigenvalue weighted by atomic mass is 16.7. The van der Waals surface area contributed by atoms with Crippen molar-refractivity contribution >= 4 is 0 Å². The lowest BCUT2D eigenvalue weighted by atomic mass is 11.0. The Morgan fingerprint density at radius 1 is 1.14 bits per heavy atom. The molecule has 0 aromatic carbocycles. The molecule has 0 unspecified atom stereocenters. The second-order valence-electron chi connectivity index (χ2n) is 0.687. The van der Waals surface area contributed by atoms with Crippen LogP contribution in [0.3, 0.4) is 0 Å². The molecule has 0 rings (SSSR count). The molecule has 0 spiro atoms. The third-order valence-corrected chi connectivity index (χ3v) is 0. The van der Waals surface area contributed by atoms with Crippen LogP contribution in [-0.2, 0) is 0 Å². The first kappa shape index (κ1) is 9.96. The summed E-state index contributed by atoms with van der Waals surface area (Å²) in [5.74, 6) is 0. The van der Waals surface area contributed by atoms with Gasteiger partial charge >= 0.3 is 6.10 Å². The molecule has 0 fully saturated rings. The Hall–Kier alpha value is -0.160. The van der Waals surface area contributed by atoms with E-state index in [0.717, 1.165) is 0 Å². The zero-order valence-corrected chi connectivity index (χ0v) is 4.42. The van der Waals surface area contributed by atoms with Gasteiger partial charge in [0.2, 0.25) is 0 Å². The minimum absolute atomic E-state index is 2.00. The number of nitrogens with two attached hydrogens (primary N) is 1. The van der Waals surface area contributed by atoms with Gasteiger partial charge in [0.1, 0.15) is 0 Å². The number of rotatable bonds is 0. The maximum atomic E-state index is 7.41. The molecule has 0 aliphatic heterocycles. The van der Waals surface area contributed by atoms with Gasteiger partial charge in [-0.05, 0) is 0 Å². The van der Waals surface area contributed by atoms with Crippen molar-refractivity contribution < 1.29 is 15.3 Å². The lowest BCUT2D eigenvalue weighted by molar-refractivity contribution is -0.306. The van der Waals surface area contributed by atoms with Gasteiger partial charge in [0.15, 0.2) is 0 Å². The van der Waals surface area contributed by atoms with Crippen molar-refractivity contribution in [2.45, 2.75) is 19.9 Å². The molecule has 0 bridgehead atoms. The topological polar surface area (TPSA) is 86.7 Å². The molecule has 4 heteroatoms. The fourth-order valence-electron chi connectivity index (χ4n) is 0. The summed E-state index contributed by atoms with van der Waals surface area (Å²) in [7, 11) is 0. The minimum atomic E-state index is -3.00. The van der Waals surface area contributed by atoms with Crippen molar-refractivity contribution in [3.8, 4) is 0 Å². The summed E-state index contributed by atoms with van der Waals surface area (Å²) >= 11 is 0. The largest absolute Gasteiger partial charge is 0.340 e. The fraction of sp³-hybridized carbons (Fsp3) is 1.00. The van der Waals surface area contributed by atoms with E-state index in [2.05, 4.69) is 5.73 Å². The zero-order valence-electron chi connectivity index (χ0n) is 4.42. The standard InChI is InChI=1S/C2H6.CH5NO3/c1-2;2-1(3,4)5/h1-2H3;3-5H,2H2. The average Bonchev–Trinajstić information content (AvgIpc) is 1.36. The molecule has 0 aliphatic carbocycles.